The fourth-order valence-electron chi connectivity index (χ4n) is 1.30. The second-order valence-corrected chi connectivity index (χ2v) is 3.77. The van der Waals surface area contributed by atoms with Crippen LogP contribution in [0.3, 0.4) is 0 Å². The van der Waals surface area contributed by atoms with Gasteiger partial charge < -0.3 is 16.0 Å². The van der Waals surface area contributed by atoms with E-state index in [1.807, 2.05) is 0 Å². The van der Waals surface area contributed by atoms with Crippen molar-refractivity contribution in [2.24, 2.45) is 0 Å². The van der Waals surface area contributed by atoms with Crippen molar-refractivity contribution in [1.82, 2.24) is 4.90 Å². The molecule has 0 aromatic heterocycles. The molecule has 0 aliphatic rings. The molecule has 0 radical (unpaired) electrons. The molecule has 0 unspecified atom stereocenters. The van der Waals surface area contributed by atoms with Crippen LogP contribution in [-0.2, 0) is 0 Å². The molecule has 0 spiro atoms. The predicted octanol–water partition coefficient (Wildman–Crippen LogP) is 1.65. The van der Waals surface area contributed by atoms with E-state index in [1.165, 1.54) is 17.0 Å². The maximum absolute atomic E-state index is 12.0. The number of carbonyl (C=O) groups excluding carboxylic acids is 1. The van der Waals surface area contributed by atoms with Crippen LogP contribution in [0.15, 0.2) is 18.2 Å². The molecule has 0 fully saturated rings. The molecule has 0 heterocycles. The molecule has 4 nitrogen and oxygen atoms in total. The Morgan fingerprint density at radius 1 is 1.47 bits per heavy atom. The Morgan fingerprint density at radius 3 is 2.59 bits per heavy atom. The lowest BCUT2D eigenvalue weighted by Crippen LogP contribution is -2.22. The maximum atomic E-state index is 12.0. The smallest absolute Gasteiger partial charge is 0.255 e. The summed E-state index contributed by atoms with van der Waals surface area (Å²) in [5.41, 5.74) is 6.77. The Labute approximate surface area is 98.4 Å². The van der Waals surface area contributed by atoms with Crippen molar-refractivity contribution in [3.8, 4) is 0 Å². The number of hydrogen-bond donors (Lipinski definition) is 2. The van der Waals surface area contributed by atoms with Crippen molar-refractivity contribution in [2.75, 3.05) is 31.7 Å². The zero-order valence-corrected chi connectivity index (χ0v) is 9.71. The molecular formula is C11H15F2N3O. The number of nitrogens with one attached hydrogen (secondary N) is 1. The van der Waals surface area contributed by atoms with Crippen molar-refractivity contribution in [3.05, 3.63) is 23.8 Å². The van der Waals surface area contributed by atoms with E-state index in [-0.39, 0.29) is 11.6 Å². The van der Waals surface area contributed by atoms with Gasteiger partial charge in [0.1, 0.15) is 0 Å². The number of alkyl halides is 2. The Bertz CT molecular complexity index is 408. The molecule has 1 aromatic carbocycles. The van der Waals surface area contributed by atoms with Gasteiger partial charge in [-0.25, -0.2) is 8.78 Å². The number of nitrogens with two attached hydrogens (primary N) is 1. The third kappa shape index (κ3) is 3.58. The van der Waals surface area contributed by atoms with Gasteiger partial charge in [0, 0.05) is 19.7 Å². The quantitative estimate of drug-likeness (QED) is 0.790. The lowest BCUT2D eigenvalue weighted by atomic mass is 10.1. The zero-order valence-electron chi connectivity index (χ0n) is 9.71. The molecule has 0 bridgehead atoms. The first-order chi connectivity index (χ1) is 7.91. The first kappa shape index (κ1) is 13.2. The fourth-order valence-corrected chi connectivity index (χ4v) is 1.30. The summed E-state index contributed by atoms with van der Waals surface area (Å²) in [4.78, 5) is 13.0. The monoisotopic (exact) mass is 243 g/mol. The van der Waals surface area contributed by atoms with Crippen molar-refractivity contribution in [2.45, 2.75) is 6.43 Å². The van der Waals surface area contributed by atoms with Crippen LogP contribution in [0.1, 0.15) is 10.4 Å². The fraction of sp³-hybridized carbons (Fsp3) is 0.364. The number of anilines is 2. The van der Waals surface area contributed by atoms with Gasteiger partial charge in [-0.15, -0.1) is 0 Å². The number of benzene rings is 1. The van der Waals surface area contributed by atoms with E-state index in [9.17, 15) is 13.6 Å². The summed E-state index contributed by atoms with van der Waals surface area (Å²) in [5.74, 6) is -0.183. The van der Waals surface area contributed by atoms with Gasteiger partial charge in [-0.3, -0.25) is 4.79 Å². The van der Waals surface area contributed by atoms with E-state index in [1.54, 1.807) is 20.2 Å². The highest BCUT2D eigenvalue weighted by Crippen LogP contribution is 2.20. The lowest BCUT2D eigenvalue weighted by molar-refractivity contribution is 0.0827. The summed E-state index contributed by atoms with van der Waals surface area (Å²) in [5, 5.41) is 2.51. The van der Waals surface area contributed by atoms with Gasteiger partial charge in [0.05, 0.1) is 17.9 Å². The van der Waals surface area contributed by atoms with Crippen molar-refractivity contribution < 1.29 is 13.6 Å². The molecule has 0 saturated heterocycles. The van der Waals surface area contributed by atoms with Crippen LogP contribution in [-0.4, -0.2) is 37.9 Å². The molecule has 94 valence electrons. The summed E-state index contributed by atoms with van der Waals surface area (Å²) >= 11 is 0. The zero-order chi connectivity index (χ0) is 13.0. The highest BCUT2D eigenvalue weighted by Gasteiger charge is 2.10. The molecule has 6 heteroatoms. The van der Waals surface area contributed by atoms with Crippen LogP contribution >= 0.6 is 0 Å². The Kier molecular flexibility index (Phi) is 4.25. The van der Waals surface area contributed by atoms with Crippen LogP contribution < -0.4 is 11.1 Å². The summed E-state index contributed by atoms with van der Waals surface area (Å²) < 4.78 is 24.0. The largest absolute Gasteiger partial charge is 0.397 e. The van der Waals surface area contributed by atoms with Gasteiger partial charge in [-0.05, 0) is 18.2 Å². The van der Waals surface area contributed by atoms with Gasteiger partial charge in [0.2, 0.25) is 0 Å². The van der Waals surface area contributed by atoms with Crippen LogP contribution in [0.5, 0.6) is 0 Å². The second kappa shape index (κ2) is 5.47. The SMILES string of the molecule is CN(C)C(=O)c1ccc(NCC(F)F)c(N)c1. The van der Waals surface area contributed by atoms with Crippen LogP contribution in [0.4, 0.5) is 20.2 Å². The highest BCUT2D eigenvalue weighted by molar-refractivity contribution is 5.95. The minimum atomic E-state index is -2.45. The molecule has 1 amide bonds. The average molecular weight is 243 g/mol. The number of amides is 1. The van der Waals surface area contributed by atoms with Crippen molar-refractivity contribution in [3.63, 3.8) is 0 Å². The van der Waals surface area contributed by atoms with E-state index in [0.717, 1.165) is 0 Å². The third-order valence-corrected chi connectivity index (χ3v) is 2.15. The molecule has 17 heavy (non-hydrogen) atoms. The Hall–Kier alpha value is -1.85. The topological polar surface area (TPSA) is 58.4 Å². The van der Waals surface area contributed by atoms with Gasteiger partial charge in [0.25, 0.3) is 12.3 Å². The minimum Gasteiger partial charge on any atom is -0.397 e. The standard InChI is InChI=1S/C11H15F2N3O/c1-16(2)11(17)7-3-4-9(8(14)5-7)15-6-10(12)13/h3-5,10,15H,6,14H2,1-2H3. The van der Waals surface area contributed by atoms with Crippen LogP contribution in [0.2, 0.25) is 0 Å². The normalized spacial score (nSPS) is 10.4. The Morgan fingerprint density at radius 2 is 2.12 bits per heavy atom. The predicted molar refractivity (Wildman–Crippen MR) is 63.4 cm³/mol. The summed E-state index contributed by atoms with van der Waals surface area (Å²) in [6.07, 6.45) is -2.45. The first-order valence-corrected chi connectivity index (χ1v) is 5.05. The summed E-state index contributed by atoms with van der Waals surface area (Å²) in [6, 6.07) is 4.54. The molecule has 0 atom stereocenters. The molecule has 3 N–H and O–H groups in total. The maximum Gasteiger partial charge on any atom is 0.255 e. The van der Waals surface area contributed by atoms with Gasteiger partial charge >= 0.3 is 0 Å². The number of nitrogen functional groups attached to an aromatic ring is 1. The van der Waals surface area contributed by atoms with E-state index in [4.69, 9.17) is 5.73 Å². The van der Waals surface area contributed by atoms with E-state index in [0.29, 0.717) is 11.3 Å². The molecule has 0 aliphatic heterocycles. The van der Waals surface area contributed by atoms with E-state index in [2.05, 4.69) is 5.32 Å². The third-order valence-electron chi connectivity index (χ3n) is 2.15. The number of nitrogens with zero attached hydrogens (tertiary/aromatic N) is 1. The average Bonchev–Trinajstić information content (AvgIpc) is 2.26. The molecule has 0 saturated carbocycles. The molecular weight excluding hydrogens is 228 g/mol. The second-order valence-electron chi connectivity index (χ2n) is 3.77. The number of rotatable bonds is 4. The lowest BCUT2D eigenvalue weighted by Gasteiger charge is -2.13. The summed E-state index contributed by atoms with van der Waals surface area (Å²) in [7, 11) is 3.25. The van der Waals surface area contributed by atoms with E-state index >= 15 is 0 Å². The van der Waals surface area contributed by atoms with Crippen molar-refractivity contribution >= 4 is 17.3 Å². The van der Waals surface area contributed by atoms with Crippen molar-refractivity contribution in [1.29, 1.82) is 0 Å². The molecule has 1 rings (SSSR count). The van der Waals surface area contributed by atoms with Gasteiger partial charge in [0.15, 0.2) is 0 Å². The Balaban J connectivity index is 2.83. The molecule has 1 aromatic rings. The van der Waals surface area contributed by atoms with E-state index < -0.39 is 13.0 Å². The number of hydrogen-bond acceptors (Lipinski definition) is 3. The molecule has 0 aliphatic carbocycles. The number of halogens is 2. The summed E-state index contributed by atoms with van der Waals surface area (Å²) in [6.45, 7) is -0.467. The highest BCUT2D eigenvalue weighted by atomic mass is 19.3. The number of carbonyl (C=O) groups is 1. The van der Waals surface area contributed by atoms with Gasteiger partial charge in [-0.2, -0.15) is 0 Å². The van der Waals surface area contributed by atoms with Crippen LogP contribution in [0, 0.1) is 0 Å². The first-order valence-electron chi connectivity index (χ1n) is 5.05. The van der Waals surface area contributed by atoms with Crippen LogP contribution in [0.25, 0.3) is 0 Å². The van der Waals surface area contributed by atoms with Gasteiger partial charge in [-0.1, -0.05) is 0 Å². The minimum absolute atomic E-state index is 0.183.